The van der Waals surface area contributed by atoms with Crippen molar-refractivity contribution in [1.29, 1.82) is 0 Å². The van der Waals surface area contributed by atoms with Gasteiger partial charge in [-0.15, -0.1) is 0 Å². The van der Waals surface area contributed by atoms with E-state index >= 15 is 0 Å². The molecular weight excluding hydrogens is 603 g/mol. The average molecular weight is 655 g/mol. The summed E-state index contributed by atoms with van der Waals surface area (Å²) in [5, 5.41) is 10.9. The molecule has 12 heteroatoms. The largest absolute Gasteiger partial charge is 0.368 e. The first-order chi connectivity index (χ1) is 22.1. The van der Waals surface area contributed by atoms with Gasteiger partial charge in [-0.1, -0.05) is 84.0 Å². The van der Waals surface area contributed by atoms with Crippen LogP contribution in [-0.4, -0.2) is 59.7 Å². The SMILES string of the molecule is CC(C)C[C@H](NC(=O)[C@H](Cc1ccc(F)cc1)NC(=O)[C@H](Cc1ccccc1)NC(=O)[C@@H](NC(=O)[C@@H](N)CC(C)C)C(C)C)C(N)=O. The second kappa shape index (κ2) is 18.7. The Morgan fingerprint density at radius 2 is 1.09 bits per heavy atom. The van der Waals surface area contributed by atoms with Gasteiger partial charge in [-0.25, -0.2) is 4.39 Å². The van der Waals surface area contributed by atoms with Crippen molar-refractivity contribution in [2.45, 2.75) is 97.4 Å². The number of primary amides is 1. The standard InChI is InChI=1S/C35H51FN6O5/c1-20(2)16-26(37)32(44)42-30(22(5)6)35(47)41-29(18-23-10-8-7-9-11-23)34(46)40-28(19-24-12-14-25(36)15-13-24)33(45)39-27(31(38)43)17-21(3)4/h7-15,20-22,26-30H,16-19,37H2,1-6H3,(H2,38,43)(H,39,45)(H,40,46)(H,41,47)(H,42,44)/t26-,27-,28-,29-,30-/m0/s1. The van der Waals surface area contributed by atoms with Crippen LogP contribution in [0.25, 0.3) is 0 Å². The molecule has 0 saturated carbocycles. The number of halogens is 1. The van der Waals surface area contributed by atoms with Crippen LogP contribution in [-0.2, 0) is 36.8 Å². The summed E-state index contributed by atoms with van der Waals surface area (Å²) < 4.78 is 13.6. The molecule has 47 heavy (non-hydrogen) atoms. The zero-order valence-electron chi connectivity index (χ0n) is 28.2. The van der Waals surface area contributed by atoms with Crippen molar-refractivity contribution in [1.82, 2.24) is 21.3 Å². The Labute approximate surface area is 277 Å². The predicted molar refractivity (Wildman–Crippen MR) is 179 cm³/mol. The number of rotatable bonds is 18. The van der Waals surface area contributed by atoms with Crippen LogP contribution in [0.2, 0.25) is 0 Å². The summed E-state index contributed by atoms with van der Waals surface area (Å²) in [6.07, 6.45) is 0.762. The molecule has 5 atom stereocenters. The van der Waals surface area contributed by atoms with Gasteiger partial charge >= 0.3 is 0 Å². The van der Waals surface area contributed by atoms with E-state index in [0.717, 1.165) is 5.56 Å². The van der Waals surface area contributed by atoms with Gasteiger partial charge in [0.05, 0.1) is 6.04 Å². The van der Waals surface area contributed by atoms with E-state index in [0.29, 0.717) is 12.0 Å². The van der Waals surface area contributed by atoms with E-state index in [1.807, 2.05) is 33.8 Å². The molecule has 0 radical (unpaired) electrons. The lowest BCUT2D eigenvalue weighted by molar-refractivity contribution is -0.135. The summed E-state index contributed by atoms with van der Waals surface area (Å²) in [7, 11) is 0. The van der Waals surface area contributed by atoms with Crippen LogP contribution < -0.4 is 32.7 Å². The predicted octanol–water partition coefficient (Wildman–Crippen LogP) is 2.11. The molecule has 258 valence electrons. The second-order valence-corrected chi connectivity index (χ2v) is 13.2. The van der Waals surface area contributed by atoms with Gasteiger partial charge in [-0.2, -0.15) is 0 Å². The Morgan fingerprint density at radius 3 is 1.55 bits per heavy atom. The number of hydrogen-bond donors (Lipinski definition) is 6. The summed E-state index contributed by atoms with van der Waals surface area (Å²) in [5.74, 6) is -3.71. The van der Waals surface area contributed by atoms with E-state index < -0.39 is 65.6 Å². The molecule has 0 aromatic heterocycles. The van der Waals surface area contributed by atoms with Gasteiger partial charge in [0.25, 0.3) is 0 Å². The van der Waals surface area contributed by atoms with Crippen LogP contribution in [0.4, 0.5) is 4.39 Å². The maximum atomic E-state index is 13.9. The van der Waals surface area contributed by atoms with Crippen molar-refractivity contribution in [3.63, 3.8) is 0 Å². The maximum Gasteiger partial charge on any atom is 0.243 e. The molecule has 2 rings (SSSR count). The number of benzene rings is 2. The first kappa shape index (κ1) is 38.9. The molecule has 11 nitrogen and oxygen atoms in total. The Kier molecular flexibility index (Phi) is 15.5. The van der Waals surface area contributed by atoms with Crippen molar-refractivity contribution in [2.24, 2.45) is 29.2 Å². The van der Waals surface area contributed by atoms with Crippen molar-refractivity contribution in [3.05, 3.63) is 71.5 Å². The Hall–Kier alpha value is -4.32. The van der Waals surface area contributed by atoms with E-state index in [1.54, 1.807) is 38.1 Å². The highest BCUT2D eigenvalue weighted by molar-refractivity contribution is 5.96. The molecule has 0 unspecified atom stereocenters. The minimum absolute atomic E-state index is 0.0323. The molecule has 2 aromatic rings. The van der Waals surface area contributed by atoms with E-state index in [1.165, 1.54) is 24.3 Å². The molecule has 2 aromatic carbocycles. The van der Waals surface area contributed by atoms with Crippen LogP contribution in [0.15, 0.2) is 54.6 Å². The van der Waals surface area contributed by atoms with Crippen molar-refractivity contribution in [3.8, 4) is 0 Å². The Balaban J connectivity index is 2.38. The zero-order valence-corrected chi connectivity index (χ0v) is 28.2. The smallest absolute Gasteiger partial charge is 0.243 e. The fraction of sp³-hybridized carbons (Fsp3) is 0.514. The molecule has 0 aliphatic carbocycles. The second-order valence-electron chi connectivity index (χ2n) is 13.2. The van der Waals surface area contributed by atoms with E-state index in [9.17, 15) is 28.4 Å². The monoisotopic (exact) mass is 654 g/mol. The first-order valence-corrected chi connectivity index (χ1v) is 16.1. The van der Waals surface area contributed by atoms with Crippen LogP contribution in [0.3, 0.4) is 0 Å². The molecule has 0 aliphatic rings. The molecule has 0 fully saturated rings. The third kappa shape index (κ3) is 13.5. The van der Waals surface area contributed by atoms with Gasteiger partial charge in [0.15, 0.2) is 0 Å². The first-order valence-electron chi connectivity index (χ1n) is 16.1. The number of nitrogens with two attached hydrogens (primary N) is 2. The van der Waals surface area contributed by atoms with Crippen molar-refractivity contribution < 1.29 is 28.4 Å². The maximum absolute atomic E-state index is 13.9. The lowest BCUT2D eigenvalue weighted by Gasteiger charge is -2.28. The fourth-order valence-electron chi connectivity index (χ4n) is 5.06. The third-order valence-electron chi connectivity index (χ3n) is 7.58. The molecule has 0 heterocycles. The van der Waals surface area contributed by atoms with Gasteiger partial charge in [0.1, 0.15) is 30.0 Å². The topological polar surface area (TPSA) is 186 Å². The van der Waals surface area contributed by atoms with Crippen molar-refractivity contribution in [2.75, 3.05) is 0 Å². The van der Waals surface area contributed by atoms with E-state index in [2.05, 4.69) is 21.3 Å². The fourth-order valence-corrected chi connectivity index (χ4v) is 5.06. The van der Waals surface area contributed by atoms with Gasteiger partial charge in [-0.3, -0.25) is 24.0 Å². The summed E-state index contributed by atoms with van der Waals surface area (Å²) in [4.78, 5) is 66.1. The van der Waals surface area contributed by atoms with Crippen LogP contribution >= 0.6 is 0 Å². The number of nitrogens with one attached hydrogen (secondary N) is 4. The van der Waals surface area contributed by atoms with Gasteiger partial charge in [0.2, 0.25) is 29.5 Å². The molecule has 0 aliphatic heterocycles. The third-order valence-corrected chi connectivity index (χ3v) is 7.58. The minimum Gasteiger partial charge on any atom is -0.368 e. The molecular formula is C35H51FN6O5. The number of carbonyl (C=O) groups excluding carboxylic acids is 5. The summed E-state index contributed by atoms with van der Waals surface area (Å²) in [6, 6.07) is 9.33. The lowest BCUT2D eigenvalue weighted by atomic mass is 9.98. The lowest BCUT2D eigenvalue weighted by Crippen LogP contribution is -2.60. The zero-order chi connectivity index (χ0) is 35.3. The number of carbonyl (C=O) groups is 5. The van der Waals surface area contributed by atoms with E-state index in [4.69, 9.17) is 11.5 Å². The molecule has 0 saturated heterocycles. The normalized spacial score (nSPS) is 14.5. The Bertz CT molecular complexity index is 1340. The average Bonchev–Trinajstić information content (AvgIpc) is 2.99. The van der Waals surface area contributed by atoms with Crippen LogP contribution in [0.1, 0.15) is 65.5 Å². The Morgan fingerprint density at radius 1 is 0.617 bits per heavy atom. The molecule has 0 bridgehead atoms. The quantitative estimate of drug-likeness (QED) is 0.143. The summed E-state index contributed by atoms with van der Waals surface area (Å²) in [5.41, 5.74) is 12.9. The molecule has 5 amide bonds. The van der Waals surface area contributed by atoms with E-state index in [-0.39, 0.29) is 37.0 Å². The summed E-state index contributed by atoms with van der Waals surface area (Å²) in [6.45, 7) is 11.2. The minimum atomic E-state index is -1.20. The number of amides is 5. The summed E-state index contributed by atoms with van der Waals surface area (Å²) >= 11 is 0. The highest BCUT2D eigenvalue weighted by Gasteiger charge is 2.33. The molecule has 8 N–H and O–H groups in total. The highest BCUT2D eigenvalue weighted by Crippen LogP contribution is 2.12. The van der Waals surface area contributed by atoms with Gasteiger partial charge in [-0.05, 0) is 53.9 Å². The van der Waals surface area contributed by atoms with Gasteiger partial charge in [0, 0.05) is 12.8 Å². The highest BCUT2D eigenvalue weighted by atomic mass is 19.1. The van der Waals surface area contributed by atoms with Crippen molar-refractivity contribution >= 4 is 29.5 Å². The number of hydrogen-bond acceptors (Lipinski definition) is 6. The van der Waals surface area contributed by atoms with Crippen LogP contribution in [0, 0.1) is 23.6 Å². The molecule has 0 spiro atoms. The van der Waals surface area contributed by atoms with Gasteiger partial charge < -0.3 is 32.7 Å². The van der Waals surface area contributed by atoms with Crippen LogP contribution in [0.5, 0.6) is 0 Å².